The van der Waals surface area contributed by atoms with Crippen LogP contribution in [0, 0.1) is 5.82 Å². The number of hydrogen-bond acceptors (Lipinski definition) is 7. The number of pyridine rings is 2. The Bertz CT molecular complexity index is 1230. The van der Waals surface area contributed by atoms with Crippen LogP contribution in [0.5, 0.6) is 5.88 Å². The largest absolute Gasteiger partial charge is 0.471 e. The molecule has 33 heavy (non-hydrogen) atoms. The predicted octanol–water partition coefficient (Wildman–Crippen LogP) is 5.40. The number of oxazole rings is 1. The SMILES string of the molecule is CCNC(=O)c1ccc(OCc2nc(-c3ccc(F)cc3)oc2Sc2ccc(Cl)cn2)nc1. The molecule has 168 valence electrons. The number of rotatable bonds is 8. The van der Waals surface area contributed by atoms with E-state index < -0.39 is 0 Å². The number of benzene rings is 1. The summed E-state index contributed by atoms with van der Waals surface area (Å²) in [6, 6.07) is 12.6. The van der Waals surface area contributed by atoms with Crippen molar-refractivity contribution in [3.8, 4) is 17.3 Å². The van der Waals surface area contributed by atoms with Crippen LogP contribution in [-0.2, 0) is 6.61 Å². The van der Waals surface area contributed by atoms with Crippen molar-refractivity contribution in [3.05, 3.63) is 83.0 Å². The predicted molar refractivity (Wildman–Crippen MR) is 122 cm³/mol. The van der Waals surface area contributed by atoms with E-state index in [4.69, 9.17) is 20.8 Å². The van der Waals surface area contributed by atoms with Crippen LogP contribution in [0.2, 0.25) is 5.02 Å². The molecule has 7 nitrogen and oxygen atoms in total. The van der Waals surface area contributed by atoms with Crippen molar-refractivity contribution in [2.24, 2.45) is 0 Å². The molecular weight excluding hydrogens is 467 g/mol. The third kappa shape index (κ3) is 5.88. The van der Waals surface area contributed by atoms with Gasteiger partial charge in [-0.05, 0) is 61.2 Å². The summed E-state index contributed by atoms with van der Waals surface area (Å²) in [5.74, 6) is 0.0988. The fourth-order valence-corrected chi connectivity index (χ4v) is 3.63. The number of amides is 1. The maximum absolute atomic E-state index is 13.3. The summed E-state index contributed by atoms with van der Waals surface area (Å²) in [7, 11) is 0. The van der Waals surface area contributed by atoms with Gasteiger partial charge in [-0.3, -0.25) is 4.79 Å². The average molecular weight is 485 g/mol. The van der Waals surface area contributed by atoms with E-state index in [0.29, 0.717) is 50.3 Å². The van der Waals surface area contributed by atoms with Crippen molar-refractivity contribution in [1.82, 2.24) is 20.3 Å². The standard InChI is InChI=1S/C23H18ClFN4O3S/c1-2-26-21(30)15-5-9-19(27-11-15)31-13-18-23(33-20-10-6-16(24)12-28-20)32-22(29-18)14-3-7-17(25)8-4-14/h3-12H,2,13H2,1H3,(H,26,30). The van der Waals surface area contributed by atoms with Gasteiger partial charge in [0.1, 0.15) is 23.1 Å². The van der Waals surface area contributed by atoms with Crippen LogP contribution >= 0.6 is 23.4 Å². The van der Waals surface area contributed by atoms with Crippen molar-refractivity contribution in [2.75, 3.05) is 6.54 Å². The Morgan fingerprint density at radius 1 is 1.12 bits per heavy atom. The first-order valence-corrected chi connectivity index (χ1v) is 11.1. The summed E-state index contributed by atoms with van der Waals surface area (Å²) in [4.78, 5) is 24.9. The van der Waals surface area contributed by atoms with Crippen LogP contribution in [-0.4, -0.2) is 27.4 Å². The van der Waals surface area contributed by atoms with Gasteiger partial charge >= 0.3 is 0 Å². The van der Waals surface area contributed by atoms with E-state index in [9.17, 15) is 9.18 Å². The molecule has 0 saturated carbocycles. The van der Waals surface area contributed by atoms with Crippen LogP contribution in [0.25, 0.3) is 11.5 Å². The first-order valence-electron chi connectivity index (χ1n) is 9.94. The highest BCUT2D eigenvalue weighted by Gasteiger charge is 2.18. The minimum absolute atomic E-state index is 0.0636. The van der Waals surface area contributed by atoms with E-state index >= 15 is 0 Å². The summed E-state index contributed by atoms with van der Waals surface area (Å²) in [6.07, 6.45) is 2.98. The summed E-state index contributed by atoms with van der Waals surface area (Å²) in [5, 5.41) is 4.37. The van der Waals surface area contributed by atoms with Crippen molar-refractivity contribution in [3.63, 3.8) is 0 Å². The Morgan fingerprint density at radius 2 is 1.94 bits per heavy atom. The van der Waals surface area contributed by atoms with Gasteiger partial charge in [0, 0.05) is 30.6 Å². The Balaban J connectivity index is 1.55. The maximum Gasteiger partial charge on any atom is 0.252 e. The van der Waals surface area contributed by atoms with E-state index in [-0.39, 0.29) is 18.3 Å². The topological polar surface area (TPSA) is 90.1 Å². The molecule has 0 saturated heterocycles. The molecule has 0 bridgehead atoms. The summed E-state index contributed by atoms with van der Waals surface area (Å²) < 4.78 is 25.0. The van der Waals surface area contributed by atoms with Crippen LogP contribution in [0.1, 0.15) is 23.0 Å². The minimum Gasteiger partial charge on any atom is -0.471 e. The van der Waals surface area contributed by atoms with Crippen LogP contribution in [0.3, 0.4) is 0 Å². The number of halogens is 2. The molecule has 0 atom stereocenters. The molecule has 0 aliphatic heterocycles. The maximum atomic E-state index is 13.3. The van der Waals surface area contributed by atoms with Gasteiger partial charge in [0.15, 0.2) is 5.09 Å². The van der Waals surface area contributed by atoms with Crippen LogP contribution in [0.4, 0.5) is 4.39 Å². The molecule has 0 aliphatic carbocycles. The lowest BCUT2D eigenvalue weighted by Gasteiger charge is -2.06. The van der Waals surface area contributed by atoms with E-state index in [1.807, 2.05) is 6.92 Å². The number of carbonyl (C=O) groups is 1. The molecule has 0 aliphatic rings. The molecule has 1 N–H and O–H groups in total. The number of nitrogens with zero attached hydrogens (tertiary/aromatic N) is 3. The van der Waals surface area contributed by atoms with Crippen LogP contribution in [0.15, 0.2) is 75.5 Å². The molecule has 4 aromatic rings. The highest BCUT2D eigenvalue weighted by Crippen LogP contribution is 2.34. The van der Waals surface area contributed by atoms with Crippen molar-refractivity contribution in [2.45, 2.75) is 23.6 Å². The van der Waals surface area contributed by atoms with Gasteiger partial charge < -0.3 is 14.5 Å². The van der Waals surface area contributed by atoms with Gasteiger partial charge in [0.2, 0.25) is 11.8 Å². The zero-order valence-electron chi connectivity index (χ0n) is 17.4. The highest BCUT2D eigenvalue weighted by atomic mass is 35.5. The Labute approximate surface area is 198 Å². The first kappa shape index (κ1) is 22.8. The van der Waals surface area contributed by atoms with Gasteiger partial charge in [-0.2, -0.15) is 0 Å². The Kier molecular flexibility index (Phi) is 7.21. The normalized spacial score (nSPS) is 10.8. The summed E-state index contributed by atoms with van der Waals surface area (Å²) >= 11 is 7.18. The van der Waals surface area contributed by atoms with Crippen molar-refractivity contribution < 1.29 is 18.3 Å². The zero-order chi connectivity index (χ0) is 23.2. The van der Waals surface area contributed by atoms with Gasteiger partial charge in [0.25, 0.3) is 5.91 Å². The molecule has 1 aromatic carbocycles. The fourth-order valence-electron chi connectivity index (χ4n) is 2.75. The molecule has 1 amide bonds. The molecule has 10 heteroatoms. The van der Waals surface area contributed by atoms with E-state index in [1.165, 1.54) is 36.3 Å². The lowest BCUT2D eigenvalue weighted by molar-refractivity contribution is 0.0955. The quantitative estimate of drug-likeness (QED) is 0.358. The van der Waals surface area contributed by atoms with E-state index in [1.54, 1.807) is 36.4 Å². The van der Waals surface area contributed by atoms with E-state index in [0.717, 1.165) is 0 Å². The first-order chi connectivity index (χ1) is 16.0. The van der Waals surface area contributed by atoms with Gasteiger partial charge in [-0.25, -0.2) is 19.3 Å². The third-order valence-corrected chi connectivity index (χ3v) is 5.52. The van der Waals surface area contributed by atoms with Gasteiger partial charge in [0.05, 0.1) is 10.6 Å². The minimum atomic E-state index is -0.351. The molecule has 0 fully saturated rings. The lowest BCUT2D eigenvalue weighted by atomic mass is 10.2. The Hall–Kier alpha value is -3.43. The lowest BCUT2D eigenvalue weighted by Crippen LogP contribution is -2.22. The summed E-state index contributed by atoms with van der Waals surface area (Å²) in [5.41, 5.74) is 1.58. The summed E-state index contributed by atoms with van der Waals surface area (Å²) in [6.45, 7) is 2.44. The third-order valence-electron chi connectivity index (χ3n) is 4.34. The highest BCUT2D eigenvalue weighted by molar-refractivity contribution is 7.99. The van der Waals surface area contributed by atoms with E-state index in [2.05, 4.69) is 20.3 Å². The molecule has 3 aromatic heterocycles. The average Bonchev–Trinajstić information content (AvgIpc) is 3.22. The zero-order valence-corrected chi connectivity index (χ0v) is 19.0. The van der Waals surface area contributed by atoms with Gasteiger partial charge in [-0.1, -0.05) is 11.6 Å². The number of carbonyl (C=O) groups excluding carboxylic acids is 1. The van der Waals surface area contributed by atoms with Crippen LogP contribution < -0.4 is 10.1 Å². The van der Waals surface area contributed by atoms with Crippen molar-refractivity contribution in [1.29, 1.82) is 0 Å². The fraction of sp³-hybridized carbons (Fsp3) is 0.130. The molecule has 0 spiro atoms. The molecule has 0 radical (unpaired) electrons. The smallest absolute Gasteiger partial charge is 0.252 e. The second-order valence-electron chi connectivity index (χ2n) is 6.71. The monoisotopic (exact) mass is 484 g/mol. The second kappa shape index (κ2) is 10.5. The number of hydrogen-bond donors (Lipinski definition) is 1. The van der Waals surface area contributed by atoms with Gasteiger partial charge in [-0.15, -0.1) is 0 Å². The molecular formula is C23H18ClFN4O3S. The molecule has 3 heterocycles. The number of nitrogens with one attached hydrogen (secondary N) is 1. The number of ether oxygens (including phenoxy) is 1. The second-order valence-corrected chi connectivity index (χ2v) is 8.14. The Morgan fingerprint density at radius 3 is 2.61 bits per heavy atom. The molecule has 4 rings (SSSR count). The van der Waals surface area contributed by atoms with Crippen molar-refractivity contribution >= 4 is 29.3 Å². The number of aromatic nitrogens is 3. The molecule has 0 unspecified atom stereocenters.